The Labute approximate surface area is 112 Å². The Kier molecular flexibility index (Phi) is 3.75. The van der Waals surface area contributed by atoms with E-state index in [0.29, 0.717) is 16.8 Å². The van der Waals surface area contributed by atoms with E-state index in [1.54, 1.807) is 18.2 Å². The van der Waals surface area contributed by atoms with E-state index >= 15 is 0 Å². The number of nitrogens with one attached hydrogen (secondary N) is 1. The molecule has 0 aliphatic carbocycles. The van der Waals surface area contributed by atoms with Crippen LogP contribution in [0.1, 0.15) is 11.3 Å². The molecule has 0 aliphatic rings. The van der Waals surface area contributed by atoms with Crippen LogP contribution in [0.25, 0.3) is 0 Å². The van der Waals surface area contributed by atoms with Gasteiger partial charge in [-0.05, 0) is 45.8 Å². The summed E-state index contributed by atoms with van der Waals surface area (Å²) in [5.41, 5.74) is 1.28. The number of anilines is 1. The maximum atomic E-state index is 9.37. The zero-order valence-corrected chi connectivity index (χ0v) is 10.8. The van der Waals surface area contributed by atoms with Crippen molar-refractivity contribution >= 4 is 21.7 Å². The fourth-order valence-corrected chi connectivity index (χ4v) is 1.77. The lowest BCUT2D eigenvalue weighted by molar-refractivity contribution is 0.471. The van der Waals surface area contributed by atoms with Crippen LogP contribution < -0.4 is 5.32 Å². The average Bonchev–Trinajstić information content (AvgIpc) is 2.41. The van der Waals surface area contributed by atoms with Crippen LogP contribution in [0.5, 0.6) is 5.75 Å². The summed E-state index contributed by atoms with van der Waals surface area (Å²) < 4.78 is 0.646. The van der Waals surface area contributed by atoms with E-state index in [1.807, 2.05) is 18.2 Å². The van der Waals surface area contributed by atoms with Gasteiger partial charge in [0, 0.05) is 6.54 Å². The first-order valence-corrected chi connectivity index (χ1v) is 5.93. The second-order valence-electron chi connectivity index (χ2n) is 3.55. The highest BCUT2D eigenvalue weighted by Gasteiger charge is 2.01. The Bertz CT molecular complexity index is 592. The van der Waals surface area contributed by atoms with Gasteiger partial charge in [0.25, 0.3) is 0 Å². The molecule has 0 spiro atoms. The molecule has 5 nitrogen and oxygen atoms in total. The van der Waals surface area contributed by atoms with Crippen LogP contribution >= 0.6 is 15.9 Å². The highest BCUT2D eigenvalue weighted by Crippen LogP contribution is 2.24. The minimum absolute atomic E-state index is 0.205. The van der Waals surface area contributed by atoms with Gasteiger partial charge in [0.1, 0.15) is 17.6 Å². The van der Waals surface area contributed by atoms with Gasteiger partial charge in [0.15, 0.2) is 5.69 Å². The number of hydrogen-bond donors (Lipinski definition) is 2. The van der Waals surface area contributed by atoms with Crippen molar-refractivity contribution in [2.75, 3.05) is 5.32 Å². The summed E-state index contributed by atoms with van der Waals surface area (Å²) in [6.07, 6.45) is 0. The molecule has 0 amide bonds. The van der Waals surface area contributed by atoms with Crippen LogP contribution in [0.15, 0.2) is 34.8 Å². The highest BCUT2D eigenvalue weighted by atomic mass is 79.9. The zero-order valence-electron chi connectivity index (χ0n) is 9.26. The molecule has 0 atom stereocenters. The van der Waals surface area contributed by atoms with Crippen molar-refractivity contribution < 1.29 is 5.11 Å². The molecule has 0 saturated heterocycles. The molecule has 0 radical (unpaired) electrons. The molecule has 6 heteroatoms. The molecule has 0 saturated carbocycles. The van der Waals surface area contributed by atoms with Gasteiger partial charge in [-0.1, -0.05) is 6.07 Å². The number of nitrogens with zero attached hydrogens (tertiary/aromatic N) is 3. The summed E-state index contributed by atoms with van der Waals surface area (Å²) in [6, 6.07) is 10.4. The molecule has 2 rings (SSSR count). The number of phenols is 1. The van der Waals surface area contributed by atoms with Gasteiger partial charge in [0.05, 0.1) is 4.47 Å². The fourth-order valence-electron chi connectivity index (χ4n) is 1.34. The number of benzene rings is 1. The van der Waals surface area contributed by atoms with Crippen LogP contribution in [0.2, 0.25) is 0 Å². The van der Waals surface area contributed by atoms with Crippen molar-refractivity contribution in [3.05, 3.63) is 46.1 Å². The van der Waals surface area contributed by atoms with Gasteiger partial charge < -0.3 is 10.4 Å². The van der Waals surface area contributed by atoms with Crippen molar-refractivity contribution in [3.8, 4) is 11.8 Å². The quantitative estimate of drug-likeness (QED) is 0.910. The molecule has 2 aromatic rings. The van der Waals surface area contributed by atoms with Crippen LogP contribution in [0, 0.1) is 11.3 Å². The molecule has 0 fully saturated rings. The molecule has 1 heterocycles. The Morgan fingerprint density at radius 1 is 1.28 bits per heavy atom. The number of aromatic hydroxyl groups is 1. The van der Waals surface area contributed by atoms with Crippen LogP contribution in [-0.2, 0) is 6.54 Å². The third-order valence-electron chi connectivity index (χ3n) is 2.26. The summed E-state index contributed by atoms with van der Waals surface area (Å²) in [4.78, 5) is 0. The molecular weight excluding hydrogens is 296 g/mol. The van der Waals surface area contributed by atoms with Crippen molar-refractivity contribution in [3.63, 3.8) is 0 Å². The predicted octanol–water partition coefficient (Wildman–Crippen LogP) is 2.43. The summed E-state index contributed by atoms with van der Waals surface area (Å²) >= 11 is 3.25. The Morgan fingerprint density at radius 3 is 2.72 bits per heavy atom. The lowest BCUT2D eigenvalue weighted by Crippen LogP contribution is -2.02. The summed E-state index contributed by atoms with van der Waals surface area (Å²) in [5, 5.41) is 28.6. The van der Waals surface area contributed by atoms with Crippen molar-refractivity contribution in [1.82, 2.24) is 10.2 Å². The van der Waals surface area contributed by atoms with E-state index in [1.165, 1.54) is 0 Å². The number of nitriles is 1. The molecule has 0 unspecified atom stereocenters. The van der Waals surface area contributed by atoms with E-state index < -0.39 is 0 Å². The number of hydrogen-bond acceptors (Lipinski definition) is 5. The highest BCUT2D eigenvalue weighted by molar-refractivity contribution is 9.10. The van der Waals surface area contributed by atoms with Gasteiger partial charge in [-0.15, -0.1) is 10.2 Å². The first-order chi connectivity index (χ1) is 8.69. The monoisotopic (exact) mass is 304 g/mol. The molecule has 2 N–H and O–H groups in total. The summed E-state index contributed by atoms with van der Waals surface area (Å²) in [7, 11) is 0. The van der Waals surface area contributed by atoms with E-state index in [0.717, 1.165) is 5.56 Å². The Morgan fingerprint density at radius 2 is 2.11 bits per heavy atom. The van der Waals surface area contributed by atoms with Crippen molar-refractivity contribution in [2.24, 2.45) is 0 Å². The molecular formula is C12H9BrN4O. The SMILES string of the molecule is N#Cc1ccc(NCc2ccc(O)c(Br)c2)nn1. The molecule has 0 bridgehead atoms. The van der Waals surface area contributed by atoms with Crippen LogP contribution in [0.4, 0.5) is 5.82 Å². The molecule has 1 aromatic carbocycles. The van der Waals surface area contributed by atoms with Crippen LogP contribution in [0.3, 0.4) is 0 Å². The van der Waals surface area contributed by atoms with Crippen molar-refractivity contribution in [2.45, 2.75) is 6.54 Å². The smallest absolute Gasteiger partial charge is 0.163 e. The molecule has 90 valence electrons. The second-order valence-corrected chi connectivity index (χ2v) is 4.41. The fraction of sp³-hybridized carbons (Fsp3) is 0.0833. The number of halogens is 1. The predicted molar refractivity (Wildman–Crippen MR) is 69.9 cm³/mol. The molecule has 1 aromatic heterocycles. The first kappa shape index (κ1) is 12.3. The Hall–Kier alpha value is -2.13. The zero-order chi connectivity index (χ0) is 13.0. The number of aromatic nitrogens is 2. The second kappa shape index (κ2) is 5.47. The van der Waals surface area contributed by atoms with Gasteiger partial charge in [0.2, 0.25) is 0 Å². The maximum Gasteiger partial charge on any atom is 0.163 e. The average molecular weight is 305 g/mol. The first-order valence-electron chi connectivity index (χ1n) is 5.14. The Balaban J connectivity index is 2.02. The topological polar surface area (TPSA) is 81.8 Å². The van der Waals surface area contributed by atoms with Crippen molar-refractivity contribution in [1.29, 1.82) is 5.26 Å². The lowest BCUT2D eigenvalue weighted by atomic mass is 10.2. The molecule has 0 aliphatic heterocycles. The third-order valence-corrected chi connectivity index (χ3v) is 2.90. The van der Waals surface area contributed by atoms with Gasteiger partial charge in [-0.25, -0.2) is 0 Å². The third kappa shape index (κ3) is 2.96. The number of rotatable bonds is 3. The summed E-state index contributed by atoms with van der Waals surface area (Å²) in [6.45, 7) is 0.555. The van der Waals surface area contributed by atoms with E-state index in [9.17, 15) is 5.11 Å². The minimum atomic E-state index is 0.205. The maximum absolute atomic E-state index is 9.37. The van der Waals surface area contributed by atoms with E-state index in [-0.39, 0.29) is 11.4 Å². The van der Waals surface area contributed by atoms with E-state index in [2.05, 4.69) is 31.4 Å². The summed E-state index contributed by atoms with van der Waals surface area (Å²) in [5.74, 6) is 0.801. The van der Waals surface area contributed by atoms with Gasteiger partial charge in [-0.3, -0.25) is 0 Å². The van der Waals surface area contributed by atoms with Gasteiger partial charge >= 0.3 is 0 Å². The standard InChI is InChI=1S/C12H9BrN4O/c13-10-5-8(1-3-11(10)18)7-15-12-4-2-9(6-14)16-17-12/h1-5,18H,7H2,(H,15,17). The van der Waals surface area contributed by atoms with Crippen LogP contribution in [-0.4, -0.2) is 15.3 Å². The normalized spacial score (nSPS) is 9.78. The molecule has 18 heavy (non-hydrogen) atoms. The largest absolute Gasteiger partial charge is 0.507 e. The van der Waals surface area contributed by atoms with Gasteiger partial charge in [-0.2, -0.15) is 5.26 Å². The minimum Gasteiger partial charge on any atom is -0.507 e. The number of phenolic OH excluding ortho intramolecular Hbond substituents is 1. The lowest BCUT2D eigenvalue weighted by Gasteiger charge is -2.06. The van der Waals surface area contributed by atoms with E-state index in [4.69, 9.17) is 5.26 Å².